The molecule has 0 aliphatic heterocycles. The average molecular weight is 199 g/mol. The minimum atomic E-state index is 0.000332. The summed E-state index contributed by atoms with van der Waals surface area (Å²) < 4.78 is 0. The van der Waals surface area contributed by atoms with Crippen molar-refractivity contribution in [3.8, 4) is 0 Å². The zero-order valence-corrected chi connectivity index (χ0v) is 9.18. The third kappa shape index (κ3) is 6.66. The summed E-state index contributed by atoms with van der Waals surface area (Å²) in [6.45, 7) is 2.11. The number of carbonyl (C=O) groups excluding carboxylic acids is 1. The van der Waals surface area contributed by atoms with Crippen LogP contribution >= 0.6 is 0 Å². The van der Waals surface area contributed by atoms with Gasteiger partial charge in [-0.2, -0.15) is 0 Å². The summed E-state index contributed by atoms with van der Waals surface area (Å²) in [7, 11) is 1.64. The molecule has 0 heterocycles. The summed E-state index contributed by atoms with van der Waals surface area (Å²) >= 11 is 0. The number of aliphatic hydroxyl groups excluding tert-OH is 1. The van der Waals surface area contributed by atoms with E-state index in [0.717, 1.165) is 37.7 Å². The zero-order chi connectivity index (χ0) is 10.8. The third-order valence-electron chi connectivity index (χ3n) is 2.15. The van der Waals surface area contributed by atoms with Crippen molar-refractivity contribution in [1.82, 2.24) is 5.32 Å². The van der Waals surface area contributed by atoms with Gasteiger partial charge < -0.3 is 10.4 Å². The molecule has 0 bridgehead atoms. The van der Waals surface area contributed by atoms with E-state index in [1.54, 1.807) is 7.05 Å². The molecule has 0 rings (SSSR count). The molecule has 0 aromatic carbocycles. The lowest BCUT2D eigenvalue weighted by atomic mass is 10.1. The largest absolute Gasteiger partial charge is 0.396 e. The predicted octanol–water partition coefficient (Wildman–Crippen LogP) is 1.62. The molecule has 0 aromatic heterocycles. The maximum Gasteiger partial charge on any atom is 0.246 e. The normalized spacial score (nSPS) is 11.5. The van der Waals surface area contributed by atoms with Crippen molar-refractivity contribution >= 4 is 5.91 Å². The first-order chi connectivity index (χ1) is 6.72. The number of nitrogens with one attached hydrogen (secondary N) is 1. The van der Waals surface area contributed by atoms with E-state index in [1.807, 2.05) is 13.0 Å². The van der Waals surface area contributed by atoms with Crippen molar-refractivity contribution < 1.29 is 9.90 Å². The van der Waals surface area contributed by atoms with E-state index in [2.05, 4.69) is 5.32 Å². The van der Waals surface area contributed by atoms with Crippen LogP contribution in [0.1, 0.15) is 39.0 Å². The van der Waals surface area contributed by atoms with E-state index in [-0.39, 0.29) is 12.5 Å². The molecule has 0 unspecified atom stereocenters. The highest BCUT2D eigenvalue weighted by Gasteiger charge is 1.98. The molecule has 0 aliphatic carbocycles. The van der Waals surface area contributed by atoms with Gasteiger partial charge in [-0.1, -0.05) is 18.9 Å². The number of rotatable bonds is 7. The zero-order valence-electron chi connectivity index (χ0n) is 9.18. The molecule has 3 heteroatoms. The molecule has 1 amide bonds. The number of likely N-dealkylation sites (N-methyl/N-ethyl adjacent to an activating group) is 1. The second-order valence-electron chi connectivity index (χ2n) is 3.39. The molecule has 82 valence electrons. The number of hydrogen-bond donors (Lipinski definition) is 2. The molecule has 0 aliphatic rings. The Labute approximate surface area is 86.2 Å². The first-order valence-electron chi connectivity index (χ1n) is 5.22. The van der Waals surface area contributed by atoms with E-state index < -0.39 is 0 Å². The van der Waals surface area contributed by atoms with Crippen LogP contribution in [0.25, 0.3) is 0 Å². The Morgan fingerprint density at radius 3 is 2.50 bits per heavy atom. The van der Waals surface area contributed by atoms with Gasteiger partial charge in [-0.3, -0.25) is 4.79 Å². The Morgan fingerprint density at radius 2 is 1.93 bits per heavy atom. The Morgan fingerprint density at radius 1 is 1.29 bits per heavy atom. The van der Waals surface area contributed by atoms with Gasteiger partial charge in [-0.25, -0.2) is 0 Å². The Hall–Kier alpha value is -0.830. The lowest BCUT2D eigenvalue weighted by molar-refractivity contribution is -0.117. The van der Waals surface area contributed by atoms with Crippen LogP contribution in [-0.4, -0.2) is 24.7 Å². The Bertz CT molecular complexity index is 188. The molecule has 14 heavy (non-hydrogen) atoms. The average Bonchev–Trinajstić information content (AvgIpc) is 2.21. The maximum absolute atomic E-state index is 11.1. The molecule has 0 saturated heterocycles. The summed E-state index contributed by atoms with van der Waals surface area (Å²) in [5.41, 5.74) is 0.787. The van der Waals surface area contributed by atoms with Crippen LogP contribution in [-0.2, 0) is 4.79 Å². The molecule has 0 fully saturated rings. The van der Waals surface area contributed by atoms with E-state index in [0.29, 0.717) is 0 Å². The van der Waals surface area contributed by atoms with Gasteiger partial charge >= 0.3 is 0 Å². The molecule has 0 radical (unpaired) electrons. The van der Waals surface area contributed by atoms with Crippen LogP contribution in [0.15, 0.2) is 11.6 Å². The SMILES string of the molecule is CNC(=O)C(C)=CCCCCCCO. The fraction of sp³-hybridized carbons (Fsp3) is 0.727. The van der Waals surface area contributed by atoms with Gasteiger partial charge in [0.05, 0.1) is 0 Å². The van der Waals surface area contributed by atoms with Crippen molar-refractivity contribution in [1.29, 1.82) is 0 Å². The summed E-state index contributed by atoms with van der Waals surface area (Å²) in [6.07, 6.45) is 7.09. The van der Waals surface area contributed by atoms with Crippen LogP contribution in [0.3, 0.4) is 0 Å². The first-order valence-corrected chi connectivity index (χ1v) is 5.22. The monoisotopic (exact) mass is 199 g/mol. The molecule has 3 nitrogen and oxygen atoms in total. The lowest BCUT2D eigenvalue weighted by Gasteiger charge is -1.99. The smallest absolute Gasteiger partial charge is 0.246 e. The molecule has 0 saturated carbocycles. The second kappa shape index (κ2) is 8.75. The second-order valence-corrected chi connectivity index (χ2v) is 3.39. The topological polar surface area (TPSA) is 49.3 Å². The van der Waals surface area contributed by atoms with Crippen molar-refractivity contribution in [3.63, 3.8) is 0 Å². The van der Waals surface area contributed by atoms with Gasteiger partial charge in [0.25, 0.3) is 0 Å². The minimum Gasteiger partial charge on any atom is -0.396 e. The van der Waals surface area contributed by atoms with Gasteiger partial charge in [-0.05, 0) is 26.2 Å². The van der Waals surface area contributed by atoms with Crippen LogP contribution in [0.2, 0.25) is 0 Å². The Balaban J connectivity index is 3.46. The number of carbonyl (C=O) groups is 1. The van der Waals surface area contributed by atoms with Crippen LogP contribution < -0.4 is 5.32 Å². The highest BCUT2D eigenvalue weighted by atomic mass is 16.2. The van der Waals surface area contributed by atoms with Gasteiger partial charge in [-0.15, -0.1) is 0 Å². The highest BCUT2D eigenvalue weighted by molar-refractivity contribution is 5.92. The van der Waals surface area contributed by atoms with E-state index in [9.17, 15) is 4.79 Å². The van der Waals surface area contributed by atoms with Gasteiger partial charge in [0.15, 0.2) is 0 Å². The van der Waals surface area contributed by atoms with E-state index >= 15 is 0 Å². The van der Waals surface area contributed by atoms with Crippen LogP contribution in [0, 0.1) is 0 Å². The molecule has 0 aromatic rings. The van der Waals surface area contributed by atoms with E-state index in [1.165, 1.54) is 0 Å². The van der Waals surface area contributed by atoms with Gasteiger partial charge in [0.1, 0.15) is 0 Å². The maximum atomic E-state index is 11.1. The van der Waals surface area contributed by atoms with Gasteiger partial charge in [0, 0.05) is 19.2 Å². The number of allylic oxidation sites excluding steroid dienone is 1. The number of aliphatic hydroxyl groups is 1. The van der Waals surface area contributed by atoms with Crippen LogP contribution in [0.4, 0.5) is 0 Å². The minimum absolute atomic E-state index is 0.000332. The molecule has 0 spiro atoms. The van der Waals surface area contributed by atoms with Crippen molar-refractivity contribution in [2.45, 2.75) is 39.0 Å². The third-order valence-corrected chi connectivity index (χ3v) is 2.15. The quantitative estimate of drug-likeness (QED) is 0.483. The fourth-order valence-corrected chi connectivity index (χ4v) is 1.22. The molecule has 0 atom stereocenters. The Kier molecular flexibility index (Phi) is 8.24. The first kappa shape index (κ1) is 13.2. The molecular weight excluding hydrogens is 178 g/mol. The fourth-order valence-electron chi connectivity index (χ4n) is 1.22. The molecular formula is C11H21NO2. The number of amides is 1. The van der Waals surface area contributed by atoms with Crippen LogP contribution in [0.5, 0.6) is 0 Å². The van der Waals surface area contributed by atoms with Crippen molar-refractivity contribution in [3.05, 3.63) is 11.6 Å². The lowest BCUT2D eigenvalue weighted by Crippen LogP contribution is -2.18. The predicted molar refractivity (Wildman–Crippen MR) is 58.0 cm³/mol. The van der Waals surface area contributed by atoms with Gasteiger partial charge in [0.2, 0.25) is 5.91 Å². The summed E-state index contributed by atoms with van der Waals surface area (Å²) in [5, 5.41) is 11.1. The van der Waals surface area contributed by atoms with E-state index in [4.69, 9.17) is 5.11 Å². The standard InChI is InChI=1S/C11H21NO2/c1-10(11(14)12-2)8-6-4-3-5-7-9-13/h8,13H,3-7,9H2,1-2H3,(H,12,14). The number of unbranched alkanes of at least 4 members (excludes halogenated alkanes) is 4. The van der Waals surface area contributed by atoms with Crippen molar-refractivity contribution in [2.24, 2.45) is 0 Å². The summed E-state index contributed by atoms with van der Waals surface area (Å²) in [6, 6.07) is 0. The molecule has 2 N–H and O–H groups in total. The summed E-state index contributed by atoms with van der Waals surface area (Å²) in [5.74, 6) is 0.000332. The highest BCUT2D eigenvalue weighted by Crippen LogP contribution is 2.05. The summed E-state index contributed by atoms with van der Waals surface area (Å²) in [4.78, 5) is 11.1. The van der Waals surface area contributed by atoms with Crippen molar-refractivity contribution in [2.75, 3.05) is 13.7 Å². The number of hydrogen-bond acceptors (Lipinski definition) is 2.